The Labute approximate surface area is 189 Å². The first-order chi connectivity index (χ1) is 15.4. The Hall–Kier alpha value is -2.58. The van der Waals surface area contributed by atoms with E-state index in [1.54, 1.807) is 30.3 Å². The van der Waals surface area contributed by atoms with E-state index in [2.05, 4.69) is 0 Å². The molecule has 4 rings (SSSR count). The van der Waals surface area contributed by atoms with Crippen LogP contribution >= 0.6 is 0 Å². The van der Waals surface area contributed by atoms with Crippen molar-refractivity contribution in [3.05, 3.63) is 54.1 Å². The molecule has 8 heteroatoms. The lowest BCUT2D eigenvalue weighted by atomic mass is 9.84. The molecule has 1 atom stereocenters. The quantitative estimate of drug-likeness (QED) is 0.531. The van der Waals surface area contributed by atoms with E-state index in [0.29, 0.717) is 18.8 Å². The van der Waals surface area contributed by atoms with Gasteiger partial charge in [-0.3, -0.25) is 4.79 Å². The van der Waals surface area contributed by atoms with E-state index in [0.717, 1.165) is 44.3 Å². The summed E-state index contributed by atoms with van der Waals surface area (Å²) in [5.41, 5.74) is 0.818. The maximum Gasteiger partial charge on any atom is 0.339 e. The van der Waals surface area contributed by atoms with Crippen molar-refractivity contribution in [1.29, 1.82) is 0 Å². The van der Waals surface area contributed by atoms with Crippen molar-refractivity contribution in [3.63, 3.8) is 0 Å². The number of hydrogen-bond donors (Lipinski definition) is 0. The average Bonchev–Trinajstić information content (AvgIpc) is 3.25. The molecular formula is C24H29NO6S. The fourth-order valence-corrected chi connectivity index (χ4v) is 4.94. The fourth-order valence-electron chi connectivity index (χ4n) is 4.01. The SMILES string of the molecule is COc1ccc(S(=O)(=O)Oc2cccc(CN(CC3CCCO3)C(=O)C3CCC3)c2)cc1. The third-order valence-corrected chi connectivity index (χ3v) is 7.30. The predicted molar refractivity (Wildman–Crippen MR) is 119 cm³/mol. The Morgan fingerprint density at radius 3 is 2.47 bits per heavy atom. The molecule has 0 N–H and O–H groups in total. The Kier molecular flexibility index (Phi) is 7.01. The van der Waals surface area contributed by atoms with E-state index >= 15 is 0 Å². The normalized spacial score (nSPS) is 18.7. The van der Waals surface area contributed by atoms with Crippen LogP contribution in [0.4, 0.5) is 0 Å². The summed E-state index contributed by atoms with van der Waals surface area (Å²) in [5.74, 6) is 1.02. The highest BCUT2D eigenvalue weighted by molar-refractivity contribution is 7.87. The Morgan fingerprint density at radius 1 is 1.06 bits per heavy atom. The number of amides is 1. The van der Waals surface area contributed by atoms with Crippen molar-refractivity contribution >= 4 is 16.0 Å². The molecule has 2 fully saturated rings. The molecular weight excluding hydrogens is 430 g/mol. The van der Waals surface area contributed by atoms with Crippen LogP contribution in [-0.4, -0.2) is 45.6 Å². The molecule has 1 saturated carbocycles. The third-order valence-electron chi connectivity index (χ3n) is 6.04. The van der Waals surface area contributed by atoms with E-state index in [1.807, 2.05) is 11.0 Å². The van der Waals surface area contributed by atoms with Gasteiger partial charge in [-0.05, 0) is 67.6 Å². The summed E-state index contributed by atoms with van der Waals surface area (Å²) in [6.45, 7) is 1.70. The molecule has 0 radical (unpaired) electrons. The van der Waals surface area contributed by atoms with Gasteiger partial charge in [0.1, 0.15) is 16.4 Å². The van der Waals surface area contributed by atoms with Crippen LogP contribution < -0.4 is 8.92 Å². The molecule has 1 saturated heterocycles. The lowest BCUT2D eigenvalue weighted by Crippen LogP contribution is -2.42. The summed E-state index contributed by atoms with van der Waals surface area (Å²) in [4.78, 5) is 14.9. The van der Waals surface area contributed by atoms with E-state index < -0.39 is 10.1 Å². The van der Waals surface area contributed by atoms with Gasteiger partial charge >= 0.3 is 10.1 Å². The van der Waals surface area contributed by atoms with Crippen LogP contribution in [0.25, 0.3) is 0 Å². The second-order valence-electron chi connectivity index (χ2n) is 8.34. The number of carbonyl (C=O) groups excluding carboxylic acids is 1. The molecule has 2 aromatic rings. The number of nitrogens with zero attached hydrogens (tertiary/aromatic N) is 1. The molecule has 2 aliphatic rings. The fraction of sp³-hybridized carbons (Fsp3) is 0.458. The van der Waals surface area contributed by atoms with E-state index in [1.165, 1.54) is 19.2 Å². The number of benzene rings is 2. The van der Waals surface area contributed by atoms with E-state index in [4.69, 9.17) is 13.7 Å². The van der Waals surface area contributed by atoms with Gasteiger partial charge in [0.2, 0.25) is 5.91 Å². The van der Waals surface area contributed by atoms with Crippen LogP contribution in [0.3, 0.4) is 0 Å². The predicted octanol–water partition coefficient (Wildman–Crippen LogP) is 3.77. The molecule has 2 aromatic carbocycles. The molecule has 1 amide bonds. The molecule has 0 aromatic heterocycles. The summed E-state index contributed by atoms with van der Waals surface area (Å²) in [7, 11) is -2.47. The molecule has 172 valence electrons. The number of carbonyl (C=O) groups is 1. The molecule has 32 heavy (non-hydrogen) atoms. The Morgan fingerprint density at radius 2 is 1.84 bits per heavy atom. The summed E-state index contributed by atoms with van der Waals surface area (Å²) >= 11 is 0. The zero-order valence-electron chi connectivity index (χ0n) is 18.2. The number of rotatable bonds is 9. The first kappa shape index (κ1) is 22.6. The van der Waals surface area contributed by atoms with Crippen LogP contribution in [0, 0.1) is 5.92 Å². The Bertz CT molecular complexity index is 1030. The summed E-state index contributed by atoms with van der Waals surface area (Å²) in [5, 5.41) is 0. The van der Waals surface area contributed by atoms with Crippen molar-refractivity contribution in [1.82, 2.24) is 4.90 Å². The highest BCUT2D eigenvalue weighted by Crippen LogP contribution is 2.30. The molecule has 1 aliphatic carbocycles. The van der Waals surface area contributed by atoms with E-state index in [-0.39, 0.29) is 28.6 Å². The zero-order valence-corrected chi connectivity index (χ0v) is 19.1. The first-order valence-corrected chi connectivity index (χ1v) is 12.4. The smallest absolute Gasteiger partial charge is 0.339 e. The highest BCUT2D eigenvalue weighted by atomic mass is 32.2. The lowest BCUT2D eigenvalue weighted by molar-refractivity contribution is -0.140. The van der Waals surface area contributed by atoms with Gasteiger partial charge in [0.05, 0.1) is 13.2 Å². The van der Waals surface area contributed by atoms with Gasteiger partial charge in [-0.1, -0.05) is 18.6 Å². The number of hydrogen-bond acceptors (Lipinski definition) is 6. The average molecular weight is 460 g/mol. The van der Waals surface area contributed by atoms with Crippen molar-refractivity contribution in [2.75, 3.05) is 20.3 Å². The van der Waals surface area contributed by atoms with Gasteiger partial charge in [-0.25, -0.2) is 0 Å². The lowest BCUT2D eigenvalue weighted by Gasteiger charge is -2.33. The van der Waals surface area contributed by atoms with Crippen LogP contribution in [0.2, 0.25) is 0 Å². The Balaban J connectivity index is 1.47. The largest absolute Gasteiger partial charge is 0.497 e. The standard InChI is InChI=1S/C24H29NO6S/c1-29-20-10-12-23(13-11-20)32(27,28)31-21-8-2-5-18(15-21)16-25(17-22-9-4-14-30-22)24(26)19-6-3-7-19/h2,5,8,10-13,15,19,22H,3-4,6-7,9,14,16-17H2,1H3. The molecule has 1 aliphatic heterocycles. The maximum atomic E-state index is 13.0. The minimum atomic E-state index is -3.98. The van der Waals surface area contributed by atoms with Gasteiger partial charge in [0.25, 0.3) is 0 Å². The number of ether oxygens (including phenoxy) is 2. The molecule has 0 bridgehead atoms. The monoisotopic (exact) mass is 459 g/mol. The highest BCUT2D eigenvalue weighted by Gasteiger charge is 2.31. The van der Waals surface area contributed by atoms with Gasteiger partial charge < -0.3 is 18.6 Å². The van der Waals surface area contributed by atoms with Crippen molar-refractivity contribution in [2.45, 2.75) is 49.6 Å². The zero-order chi connectivity index (χ0) is 22.6. The minimum absolute atomic E-state index is 0.0453. The molecule has 0 spiro atoms. The van der Waals surface area contributed by atoms with Crippen molar-refractivity contribution < 1.29 is 26.9 Å². The van der Waals surface area contributed by atoms with Crippen LogP contribution in [0.15, 0.2) is 53.4 Å². The minimum Gasteiger partial charge on any atom is -0.497 e. The summed E-state index contributed by atoms with van der Waals surface area (Å²) < 4.78 is 41.5. The van der Waals surface area contributed by atoms with E-state index in [9.17, 15) is 13.2 Å². The first-order valence-electron chi connectivity index (χ1n) is 11.0. The van der Waals surface area contributed by atoms with Gasteiger partial charge in [-0.15, -0.1) is 0 Å². The summed E-state index contributed by atoms with van der Waals surface area (Å²) in [6.07, 6.45) is 5.00. The molecule has 7 nitrogen and oxygen atoms in total. The molecule has 1 heterocycles. The van der Waals surface area contributed by atoms with Crippen LogP contribution in [0.5, 0.6) is 11.5 Å². The van der Waals surface area contributed by atoms with Gasteiger partial charge in [-0.2, -0.15) is 8.42 Å². The summed E-state index contributed by atoms with van der Waals surface area (Å²) in [6, 6.07) is 12.9. The van der Waals surface area contributed by atoms with Crippen LogP contribution in [0.1, 0.15) is 37.7 Å². The van der Waals surface area contributed by atoms with Crippen molar-refractivity contribution in [3.8, 4) is 11.5 Å². The second kappa shape index (κ2) is 9.92. The van der Waals surface area contributed by atoms with Crippen molar-refractivity contribution in [2.24, 2.45) is 5.92 Å². The van der Waals surface area contributed by atoms with Crippen LogP contribution in [-0.2, 0) is 26.2 Å². The maximum absolute atomic E-state index is 13.0. The molecule has 1 unspecified atom stereocenters. The topological polar surface area (TPSA) is 82.1 Å². The second-order valence-corrected chi connectivity index (χ2v) is 9.89. The van der Waals surface area contributed by atoms with Gasteiger partial charge in [0.15, 0.2) is 0 Å². The third kappa shape index (κ3) is 5.42. The van der Waals surface area contributed by atoms with Gasteiger partial charge in [0, 0.05) is 25.6 Å². The number of methoxy groups -OCH3 is 1.